The molecule has 0 aliphatic rings. The van der Waals surface area contributed by atoms with E-state index in [-0.39, 0.29) is 11.5 Å². The number of carbonyl (C=O) groups is 1. The molecule has 0 bridgehead atoms. The molecule has 0 radical (unpaired) electrons. The molecule has 21 heavy (non-hydrogen) atoms. The lowest BCUT2D eigenvalue weighted by molar-refractivity contribution is -0.144. The van der Waals surface area contributed by atoms with Crippen LogP contribution < -0.4 is 4.72 Å². The zero-order valence-corrected chi connectivity index (χ0v) is 12.7. The second-order valence-electron chi connectivity index (χ2n) is 4.57. The summed E-state index contributed by atoms with van der Waals surface area (Å²) in [7, 11) is -3.80. The maximum atomic E-state index is 12.4. The minimum Gasteiger partial charge on any atom is -0.465 e. The Hall–Kier alpha value is -1.92. The standard InChI is InChI=1S/C15H17NO4S/c1-3-20-15(17)11(2)16-21(18,19)14-10-6-8-12-7-4-5-9-13(12)14/h4-11,16H,3H2,1-2H3. The Kier molecular flexibility index (Phi) is 4.59. The summed E-state index contributed by atoms with van der Waals surface area (Å²) < 4.78 is 32.0. The molecule has 0 spiro atoms. The maximum Gasteiger partial charge on any atom is 0.323 e. The van der Waals surface area contributed by atoms with Crippen LogP contribution in [-0.4, -0.2) is 27.0 Å². The van der Waals surface area contributed by atoms with E-state index in [0.717, 1.165) is 5.39 Å². The van der Waals surface area contributed by atoms with E-state index in [0.29, 0.717) is 5.39 Å². The predicted octanol–water partition coefficient (Wildman–Crippen LogP) is 2.07. The van der Waals surface area contributed by atoms with Crippen LogP contribution >= 0.6 is 0 Å². The van der Waals surface area contributed by atoms with Gasteiger partial charge in [-0.1, -0.05) is 36.4 Å². The van der Waals surface area contributed by atoms with Crippen LogP contribution in [0.3, 0.4) is 0 Å². The molecule has 0 fully saturated rings. The Morgan fingerprint density at radius 1 is 1.19 bits per heavy atom. The van der Waals surface area contributed by atoms with E-state index in [9.17, 15) is 13.2 Å². The monoisotopic (exact) mass is 307 g/mol. The molecule has 2 rings (SSSR count). The molecule has 1 atom stereocenters. The van der Waals surface area contributed by atoms with Crippen molar-refractivity contribution >= 4 is 26.8 Å². The predicted molar refractivity (Wildman–Crippen MR) is 80.4 cm³/mol. The number of hydrogen-bond donors (Lipinski definition) is 1. The average Bonchev–Trinajstić information content (AvgIpc) is 2.46. The maximum absolute atomic E-state index is 12.4. The Morgan fingerprint density at radius 2 is 1.86 bits per heavy atom. The number of ether oxygens (including phenoxy) is 1. The van der Waals surface area contributed by atoms with Crippen LogP contribution in [0.5, 0.6) is 0 Å². The lowest BCUT2D eigenvalue weighted by atomic mass is 10.1. The van der Waals surface area contributed by atoms with Gasteiger partial charge in [-0.2, -0.15) is 4.72 Å². The van der Waals surface area contributed by atoms with Crippen LogP contribution in [0, 0.1) is 0 Å². The van der Waals surface area contributed by atoms with Crippen molar-refractivity contribution in [3.63, 3.8) is 0 Å². The zero-order valence-electron chi connectivity index (χ0n) is 11.9. The highest BCUT2D eigenvalue weighted by Crippen LogP contribution is 2.22. The second kappa shape index (κ2) is 6.24. The van der Waals surface area contributed by atoms with E-state index in [1.54, 1.807) is 25.1 Å². The van der Waals surface area contributed by atoms with Crippen molar-refractivity contribution in [2.75, 3.05) is 6.61 Å². The van der Waals surface area contributed by atoms with Crippen molar-refractivity contribution in [1.29, 1.82) is 0 Å². The van der Waals surface area contributed by atoms with Gasteiger partial charge in [0.05, 0.1) is 11.5 Å². The molecule has 1 unspecified atom stereocenters. The fourth-order valence-electron chi connectivity index (χ4n) is 2.04. The topological polar surface area (TPSA) is 72.5 Å². The van der Waals surface area contributed by atoms with Crippen molar-refractivity contribution in [3.8, 4) is 0 Å². The van der Waals surface area contributed by atoms with Gasteiger partial charge in [0, 0.05) is 5.39 Å². The van der Waals surface area contributed by atoms with Crippen LogP contribution in [0.25, 0.3) is 10.8 Å². The van der Waals surface area contributed by atoms with E-state index in [2.05, 4.69) is 4.72 Å². The number of esters is 1. The first kappa shape index (κ1) is 15.5. The van der Waals surface area contributed by atoms with Crippen molar-refractivity contribution in [2.45, 2.75) is 24.8 Å². The molecule has 0 aliphatic carbocycles. The Bertz CT molecular complexity index is 750. The van der Waals surface area contributed by atoms with Crippen LogP contribution in [0.2, 0.25) is 0 Å². The quantitative estimate of drug-likeness (QED) is 0.858. The molecule has 0 aliphatic heterocycles. The smallest absolute Gasteiger partial charge is 0.323 e. The highest BCUT2D eigenvalue weighted by atomic mass is 32.2. The third-order valence-corrected chi connectivity index (χ3v) is 4.61. The molecule has 2 aromatic carbocycles. The fraction of sp³-hybridized carbons (Fsp3) is 0.267. The number of nitrogens with one attached hydrogen (secondary N) is 1. The third kappa shape index (κ3) is 3.40. The molecule has 0 saturated carbocycles. The highest BCUT2D eigenvalue weighted by molar-refractivity contribution is 7.89. The van der Waals surface area contributed by atoms with Gasteiger partial charge in [0.15, 0.2) is 0 Å². The van der Waals surface area contributed by atoms with E-state index in [4.69, 9.17) is 4.74 Å². The van der Waals surface area contributed by atoms with E-state index in [1.165, 1.54) is 13.0 Å². The minimum absolute atomic E-state index is 0.150. The second-order valence-corrected chi connectivity index (χ2v) is 6.25. The number of sulfonamides is 1. The van der Waals surface area contributed by atoms with Crippen molar-refractivity contribution in [1.82, 2.24) is 4.72 Å². The van der Waals surface area contributed by atoms with Crippen LogP contribution in [-0.2, 0) is 19.6 Å². The molecule has 0 saturated heterocycles. The molecular formula is C15H17NO4S. The Balaban J connectivity index is 2.36. The fourth-order valence-corrected chi connectivity index (χ4v) is 3.46. The SMILES string of the molecule is CCOC(=O)C(C)NS(=O)(=O)c1cccc2ccccc12. The van der Waals surface area contributed by atoms with Gasteiger partial charge in [0.2, 0.25) is 10.0 Å². The first-order chi connectivity index (χ1) is 9.95. The number of rotatable bonds is 5. The number of hydrogen-bond acceptors (Lipinski definition) is 4. The summed E-state index contributed by atoms with van der Waals surface area (Å²) in [6.45, 7) is 3.34. The third-order valence-electron chi connectivity index (χ3n) is 3.01. The summed E-state index contributed by atoms with van der Waals surface area (Å²) in [6.07, 6.45) is 0. The highest BCUT2D eigenvalue weighted by Gasteiger charge is 2.24. The van der Waals surface area contributed by atoms with Gasteiger partial charge in [0.25, 0.3) is 0 Å². The van der Waals surface area contributed by atoms with Crippen molar-refractivity contribution < 1.29 is 17.9 Å². The lowest BCUT2D eigenvalue weighted by Gasteiger charge is -2.14. The molecule has 0 aromatic heterocycles. The van der Waals surface area contributed by atoms with E-state index in [1.807, 2.05) is 18.2 Å². The Labute approximate surface area is 124 Å². The number of benzene rings is 2. The van der Waals surface area contributed by atoms with Gasteiger partial charge in [-0.15, -0.1) is 0 Å². The number of carbonyl (C=O) groups excluding carboxylic acids is 1. The molecule has 6 heteroatoms. The molecule has 0 amide bonds. The summed E-state index contributed by atoms with van der Waals surface area (Å²) in [4.78, 5) is 11.7. The number of fused-ring (bicyclic) bond motifs is 1. The van der Waals surface area contributed by atoms with Crippen molar-refractivity contribution in [2.24, 2.45) is 0 Å². The van der Waals surface area contributed by atoms with Gasteiger partial charge in [0.1, 0.15) is 6.04 Å². The minimum atomic E-state index is -3.80. The Morgan fingerprint density at radius 3 is 2.57 bits per heavy atom. The van der Waals surface area contributed by atoms with Gasteiger partial charge in [-0.3, -0.25) is 4.79 Å². The summed E-state index contributed by atoms with van der Waals surface area (Å²) in [5, 5.41) is 1.44. The largest absolute Gasteiger partial charge is 0.465 e. The van der Waals surface area contributed by atoms with E-state index >= 15 is 0 Å². The summed E-state index contributed by atoms with van der Waals surface area (Å²) >= 11 is 0. The van der Waals surface area contributed by atoms with Crippen LogP contribution in [0.15, 0.2) is 47.4 Å². The van der Waals surface area contributed by atoms with Gasteiger partial charge < -0.3 is 4.74 Å². The normalized spacial score (nSPS) is 13.0. The first-order valence-electron chi connectivity index (χ1n) is 6.62. The zero-order chi connectivity index (χ0) is 15.5. The molecule has 2 aromatic rings. The molecule has 0 heterocycles. The van der Waals surface area contributed by atoms with Gasteiger partial charge in [-0.25, -0.2) is 8.42 Å². The molecular weight excluding hydrogens is 290 g/mol. The molecule has 112 valence electrons. The summed E-state index contributed by atoms with van der Waals surface area (Å²) in [5.74, 6) is -0.596. The summed E-state index contributed by atoms with van der Waals surface area (Å²) in [5.41, 5.74) is 0. The van der Waals surface area contributed by atoms with Gasteiger partial charge >= 0.3 is 5.97 Å². The van der Waals surface area contributed by atoms with Crippen LogP contribution in [0.1, 0.15) is 13.8 Å². The van der Waals surface area contributed by atoms with Crippen LogP contribution in [0.4, 0.5) is 0 Å². The van der Waals surface area contributed by atoms with Crippen molar-refractivity contribution in [3.05, 3.63) is 42.5 Å². The first-order valence-corrected chi connectivity index (χ1v) is 8.10. The lowest BCUT2D eigenvalue weighted by Crippen LogP contribution is -2.39. The summed E-state index contributed by atoms with van der Waals surface area (Å²) in [6, 6.07) is 11.3. The molecule has 1 N–H and O–H groups in total. The van der Waals surface area contributed by atoms with Gasteiger partial charge in [-0.05, 0) is 25.3 Å². The average molecular weight is 307 g/mol. The van der Waals surface area contributed by atoms with E-state index < -0.39 is 22.0 Å². The molecule has 5 nitrogen and oxygen atoms in total.